The summed E-state index contributed by atoms with van der Waals surface area (Å²) >= 11 is 0. The number of carbonyl (C=O) groups excluding carboxylic acids is 1. The lowest BCUT2D eigenvalue weighted by molar-refractivity contribution is -0.117. The maximum Gasteiger partial charge on any atom is 0.246 e. The molecule has 5 nitrogen and oxygen atoms in total. The van der Waals surface area contributed by atoms with Crippen molar-refractivity contribution in [2.75, 3.05) is 25.5 Å². The van der Waals surface area contributed by atoms with E-state index >= 15 is 0 Å². The standard InChI is InChI=1S/C12H17N3O2/c1-17-8-3-4-10-9(7-8)11(12(16)15-10)14-6-2-5-13/h3-4,7,11,14H,2,5-6,13H2,1H3,(H,15,16). The molecular formula is C12H17N3O2. The largest absolute Gasteiger partial charge is 0.497 e. The summed E-state index contributed by atoms with van der Waals surface area (Å²) in [6.45, 7) is 1.34. The molecule has 92 valence electrons. The van der Waals surface area contributed by atoms with Crippen molar-refractivity contribution in [1.82, 2.24) is 5.32 Å². The van der Waals surface area contributed by atoms with Crippen LogP contribution in [0.5, 0.6) is 5.75 Å². The lowest BCUT2D eigenvalue weighted by Gasteiger charge is -2.11. The van der Waals surface area contributed by atoms with Gasteiger partial charge in [-0.25, -0.2) is 0 Å². The van der Waals surface area contributed by atoms with Crippen LogP contribution in [0.15, 0.2) is 18.2 Å². The zero-order chi connectivity index (χ0) is 12.3. The van der Waals surface area contributed by atoms with Crippen molar-refractivity contribution in [2.45, 2.75) is 12.5 Å². The molecule has 0 fully saturated rings. The second-order valence-corrected chi connectivity index (χ2v) is 3.97. The summed E-state index contributed by atoms with van der Waals surface area (Å²) in [4.78, 5) is 11.8. The minimum atomic E-state index is -0.299. The predicted octanol–water partition coefficient (Wildman–Crippen LogP) is 0.627. The Morgan fingerprint density at radius 3 is 3.06 bits per heavy atom. The number of amides is 1. The van der Waals surface area contributed by atoms with E-state index in [1.54, 1.807) is 7.11 Å². The second kappa shape index (κ2) is 5.16. The number of methoxy groups -OCH3 is 1. The molecule has 1 unspecified atom stereocenters. The molecule has 0 saturated heterocycles. The normalized spacial score (nSPS) is 17.8. The minimum Gasteiger partial charge on any atom is -0.497 e. The van der Waals surface area contributed by atoms with Crippen LogP contribution in [0.2, 0.25) is 0 Å². The van der Waals surface area contributed by atoms with Gasteiger partial charge in [-0.1, -0.05) is 0 Å². The van der Waals surface area contributed by atoms with E-state index in [-0.39, 0.29) is 11.9 Å². The third-order valence-electron chi connectivity index (χ3n) is 2.82. The smallest absolute Gasteiger partial charge is 0.246 e. The van der Waals surface area contributed by atoms with Crippen molar-refractivity contribution < 1.29 is 9.53 Å². The van der Waals surface area contributed by atoms with E-state index in [9.17, 15) is 4.79 Å². The van der Waals surface area contributed by atoms with Crippen LogP contribution in [0, 0.1) is 0 Å². The van der Waals surface area contributed by atoms with Crippen LogP contribution in [0.1, 0.15) is 18.0 Å². The summed E-state index contributed by atoms with van der Waals surface area (Å²) in [5.41, 5.74) is 7.21. The van der Waals surface area contributed by atoms with Crippen molar-refractivity contribution in [1.29, 1.82) is 0 Å². The molecule has 1 amide bonds. The number of carbonyl (C=O) groups is 1. The molecule has 0 radical (unpaired) electrons. The SMILES string of the molecule is COc1ccc2c(c1)C(NCCCN)C(=O)N2. The molecule has 0 aromatic heterocycles. The zero-order valence-corrected chi connectivity index (χ0v) is 9.82. The number of nitrogens with two attached hydrogens (primary N) is 1. The van der Waals surface area contributed by atoms with Crippen molar-refractivity contribution in [3.63, 3.8) is 0 Å². The number of hydrogen-bond donors (Lipinski definition) is 3. The third-order valence-corrected chi connectivity index (χ3v) is 2.82. The van der Waals surface area contributed by atoms with E-state index in [0.29, 0.717) is 6.54 Å². The van der Waals surface area contributed by atoms with Gasteiger partial charge in [0.05, 0.1) is 7.11 Å². The van der Waals surface area contributed by atoms with Crippen LogP contribution >= 0.6 is 0 Å². The van der Waals surface area contributed by atoms with Crippen LogP contribution in [0.25, 0.3) is 0 Å². The summed E-state index contributed by atoms with van der Waals surface area (Å²) in [7, 11) is 1.61. The monoisotopic (exact) mass is 235 g/mol. The number of anilines is 1. The van der Waals surface area contributed by atoms with Gasteiger partial charge < -0.3 is 21.1 Å². The lowest BCUT2D eigenvalue weighted by atomic mass is 10.1. The Morgan fingerprint density at radius 1 is 1.53 bits per heavy atom. The Labute approximate surface area is 100 Å². The highest BCUT2D eigenvalue weighted by molar-refractivity contribution is 6.02. The van der Waals surface area contributed by atoms with Crippen molar-refractivity contribution in [3.8, 4) is 5.75 Å². The van der Waals surface area contributed by atoms with E-state index in [1.165, 1.54) is 0 Å². The second-order valence-electron chi connectivity index (χ2n) is 3.97. The number of ether oxygens (including phenoxy) is 1. The van der Waals surface area contributed by atoms with Crippen LogP contribution in [0.3, 0.4) is 0 Å². The first kappa shape index (κ1) is 11.9. The Kier molecular flexibility index (Phi) is 3.61. The Bertz CT molecular complexity index is 420. The number of rotatable bonds is 5. The first-order chi connectivity index (χ1) is 8.26. The van der Waals surface area contributed by atoms with Gasteiger partial charge >= 0.3 is 0 Å². The zero-order valence-electron chi connectivity index (χ0n) is 9.82. The number of benzene rings is 1. The summed E-state index contributed by atoms with van der Waals surface area (Å²) in [6.07, 6.45) is 0.850. The minimum absolute atomic E-state index is 0.0229. The molecule has 0 saturated carbocycles. The molecule has 1 aliphatic rings. The van der Waals surface area contributed by atoms with Gasteiger partial charge in [0.1, 0.15) is 11.8 Å². The Balaban J connectivity index is 2.16. The molecular weight excluding hydrogens is 218 g/mol. The molecule has 2 rings (SSSR count). The molecule has 17 heavy (non-hydrogen) atoms. The molecule has 1 aliphatic heterocycles. The number of nitrogens with one attached hydrogen (secondary N) is 2. The van der Waals surface area contributed by atoms with Crippen LogP contribution in [-0.4, -0.2) is 26.1 Å². The maximum absolute atomic E-state index is 11.8. The topological polar surface area (TPSA) is 76.4 Å². The van der Waals surface area contributed by atoms with Crippen LogP contribution in [-0.2, 0) is 4.79 Å². The van der Waals surface area contributed by atoms with Gasteiger partial charge in [-0.3, -0.25) is 4.79 Å². The number of hydrogen-bond acceptors (Lipinski definition) is 4. The summed E-state index contributed by atoms with van der Waals surface area (Å²) in [5, 5.41) is 6.03. The van der Waals surface area contributed by atoms with Crippen molar-refractivity contribution in [2.24, 2.45) is 5.73 Å². The van der Waals surface area contributed by atoms with Gasteiger partial charge in [0.25, 0.3) is 0 Å². The average Bonchev–Trinajstić information content (AvgIpc) is 2.65. The molecule has 0 spiro atoms. The van der Waals surface area contributed by atoms with Gasteiger partial charge in [-0.2, -0.15) is 0 Å². The highest BCUT2D eigenvalue weighted by atomic mass is 16.5. The van der Waals surface area contributed by atoms with Crippen molar-refractivity contribution in [3.05, 3.63) is 23.8 Å². The van der Waals surface area contributed by atoms with Gasteiger partial charge in [-0.05, 0) is 37.7 Å². The molecule has 1 aromatic rings. The fourth-order valence-corrected chi connectivity index (χ4v) is 1.92. The van der Waals surface area contributed by atoms with Gasteiger partial charge in [0.2, 0.25) is 5.91 Å². The average molecular weight is 235 g/mol. The molecule has 5 heteroatoms. The highest BCUT2D eigenvalue weighted by Gasteiger charge is 2.30. The third kappa shape index (κ3) is 2.40. The van der Waals surface area contributed by atoms with E-state index < -0.39 is 0 Å². The number of fused-ring (bicyclic) bond motifs is 1. The van der Waals surface area contributed by atoms with E-state index in [0.717, 1.165) is 30.0 Å². The first-order valence-corrected chi connectivity index (χ1v) is 5.68. The molecule has 1 aromatic carbocycles. The quantitative estimate of drug-likeness (QED) is 0.654. The molecule has 4 N–H and O–H groups in total. The van der Waals surface area contributed by atoms with Crippen LogP contribution in [0.4, 0.5) is 5.69 Å². The predicted molar refractivity (Wildman–Crippen MR) is 66.0 cm³/mol. The first-order valence-electron chi connectivity index (χ1n) is 5.68. The van der Waals surface area contributed by atoms with E-state index in [2.05, 4.69) is 10.6 Å². The maximum atomic E-state index is 11.8. The Hall–Kier alpha value is -1.59. The molecule has 0 bridgehead atoms. The fourth-order valence-electron chi connectivity index (χ4n) is 1.92. The van der Waals surface area contributed by atoms with Gasteiger partial charge in [-0.15, -0.1) is 0 Å². The molecule has 1 heterocycles. The summed E-state index contributed by atoms with van der Waals surface area (Å²) in [6, 6.07) is 5.28. The van der Waals surface area contributed by atoms with E-state index in [4.69, 9.17) is 10.5 Å². The van der Waals surface area contributed by atoms with Crippen molar-refractivity contribution >= 4 is 11.6 Å². The van der Waals surface area contributed by atoms with Gasteiger partial charge in [0, 0.05) is 11.3 Å². The van der Waals surface area contributed by atoms with E-state index in [1.807, 2.05) is 18.2 Å². The molecule has 0 aliphatic carbocycles. The summed E-state index contributed by atoms with van der Waals surface area (Å²) < 4.78 is 5.16. The molecule has 1 atom stereocenters. The van der Waals surface area contributed by atoms with Gasteiger partial charge in [0.15, 0.2) is 0 Å². The Morgan fingerprint density at radius 2 is 2.35 bits per heavy atom. The van der Waals surface area contributed by atoms with Crippen LogP contribution < -0.4 is 21.1 Å². The lowest BCUT2D eigenvalue weighted by Crippen LogP contribution is -2.29. The fraction of sp³-hybridized carbons (Fsp3) is 0.417. The summed E-state index contributed by atoms with van der Waals surface area (Å²) in [5.74, 6) is 0.733. The highest BCUT2D eigenvalue weighted by Crippen LogP contribution is 2.33.